The highest BCUT2D eigenvalue weighted by molar-refractivity contribution is 5.95. The van der Waals surface area contributed by atoms with Gasteiger partial charge in [0.15, 0.2) is 0 Å². The molecule has 0 atom stereocenters. The van der Waals surface area contributed by atoms with E-state index in [0.29, 0.717) is 0 Å². The van der Waals surface area contributed by atoms with Gasteiger partial charge in [-0.25, -0.2) is 0 Å². The van der Waals surface area contributed by atoms with Crippen LogP contribution in [0.3, 0.4) is 0 Å². The molecule has 1 aliphatic carbocycles. The standard InChI is InChI=1S/C49H37N/c1-49(2)46-30-26-40(33-45(46)48-44(21-12-22-47(48)49)37-16-7-4-8-17-37)39-19-11-20-42(32-39)50(43-29-25-35-15-9-10-18-38(35)31-43)41-27-23-36(24-28-41)34-13-5-3-6-14-34/h3-33H,1-2H3. The van der Waals surface area contributed by atoms with Gasteiger partial charge in [-0.3, -0.25) is 0 Å². The summed E-state index contributed by atoms with van der Waals surface area (Å²) in [6.45, 7) is 4.72. The lowest BCUT2D eigenvalue weighted by atomic mass is 9.81. The zero-order valence-electron chi connectivity index (χ0n) is 28.3. The minimum Gasteiger partial charge on any atom is -0.310 e. The van der Waals surface area contributed by atoms with E-state index in [-0.39, 0.29) is 5.41 Å². The fourth-order valence-corrected chi connectivity index (χ4v) is 7.86. The fourth-order valence-electron chi connectivity index (χ4n) is 7.86. The minimum absolute atomic E-state index is 0.0748. The van der Waals surface area contributed by atoms with Crippen molar-refractivity contribution in [3.8, 4) is 44.5 Å². The van der Waals surface area contributed by atoms with Gasteiger partial charge >= 0.3 is 0 Å². The third kappa shape index (κ3) is 5.11. The van der Waals surface area contributed by atoms with Gasteiger partial charge in [0.05, 0.1) is 0 Å². The quantitative estimate of drug-likeness (QED) is 0.175. The summed E-state index contributed by atoms with van der Waals surface area (Å²) >= 11 is 0. The van der Waals surface area contributed by atoms with Crippen LogP contribution < -0.4 is 4.90 Å². The Morgan fingerprint density at radius 3 is 1.70 bits per heavy atom. The molecule has 1 heteroatoms. The van der Waals surface area contributed by atoms with Crippen LogP contribution in [0.5, 0.6) is 0 Å². The van der Waals surface area contributed by atoms with Crippen molar-refractivity contribution < 1.29 is 0 Å². The summed E-state index contributed by atoms with van der Waals surface area (Å²) in [6, 6.07) is 68.6. The summed E-state index contributed by atoms with van der Waals surface area (Å²) in [4.78, 5) is 2.38. The van der Waals surface area contributed by atoms with Crippen LogP contribution in [0.2, 0.25) is 0 Å². The maximum absolute atomic E-state index is 2.42. The van der Waals surface area contributed by atoms with Gasteiger partial charge in [-0.2, -0.15) is 0 Å². The van der Waals surface area contributed by atoms with Crippen molar-refractivity contribution in [3.63, 3.8) is 0 Å². The van der Waals surface area contributed by atoms with Crippen LogP contribution >= 0.6 is 0 Å². The molecule has 0 spiro atoms. The highest BCUT2D eigenvalue weighted by Crippen LogP contribution is 2.53. The molecule has 0 unspecified atom stereocenters. The molecule has 50 heavy (non-hydrogen) atoms. The molecule has 0 aliphatic heterocycles. The molecule has 238 valence electrons. The Hall–Kier alpha value is -6.18. The Morgan fingerprint density at radius 2 is 0.920 bits per heavy atom. The fraction of sp³-hybridized carbons (Fsp3) is 0.0612. The van der Waals surface area contributed by atoms with Crippen LogP contribution in [-0.4, -0.2) is 0 Å². The lowest BCUT2D eigenvalue weighted by Crippen LogP contribution is -2.14. The lowest BCUT2D eigenvalue weighted by Gasteiger charge is -2.27. The predicted octanol–water partition coefficient (Wildman–Crippen LogP) is 13.6. The van der Waals surface area contributed by atoms with Gasteiger partial charge < -0.3 is 4.90 Å². The van der Waals surface area contributed by atoms with E-state index in [2.05, 4.69) is 207 Å². The first-order valence-electron chi connectivity index (χ1n) is 17.4. The van der Waals surface area contributed by atoms with Gasteiger partial charge in [0, 0.05) is 22.5 Å². The van der Waals surface area contributed by atoms with Gasteiger partial charge in [0.1, 0.15) is 0 Å². The molecule has 0 N–H and O–H groups in total. The average molecular weight is 640 g/mol. The van der Waals surface area contributed by atoms with Gasteiger partial charge in [0.2, 0.25) is 0 Å². The zero-order chi connectivity index (χ0) is 33.7. The third-order valence-electron chi connectivity index (χ3n) is 10.4. The summed E-state index contributed by atoms with van der Waals surface area (Å²) in [6.07, 6.45) is 0. The number of rotatable bonds is 6. The van der Waals surface area contributed by atoms with Crippen molar-refractivity contribution in [3.05, 3.63) is 199 Å². The van der Waals surface area contributed by atoms with E-state index in [1.807, 2.05) is 0 Å². The smallest absolute Gasteiger partial charge is 0.0468 e. The topological polar surface area (TPSA) is 3.24 Å². The first-order chi connectivity index (χ1) is 24.5. The Balaban J connectivity index is 1.17. The number of hydrogen-bond acceptors (Lipinski definition) is 1. The first-order valence-corrected chi connectivity index (χ1v) is 17.4. The van der Waals surface area contributed by atoms with Crippen molar-refractivity contribution in [1.29, 1.82) is 0 Å². The summed E-state index contributed by atoms with van der Waals surface area (Å²) in [7, 11) is 0. The van der Waals surface area contributed by atoms with E-state index in [1.165, 1.54) is 66.4 Å². The summed E-state index contributed by atoms with van der Waals surface area (Å²) in [5, 5.41) is 2.46. The molecule has 0 fully saturated rings. The van der Waals surface area contributed by atoms with Crippen molar-refractivity contribution in [2.75, 3.05) is 4.90 Å². The van der Waals surface area contributed by atoms with Crippen molar-refractivity contribution in [1.82, 2.24) is 0 Å². The van der Waals surface area contributed by atoms with Crippen LogP contribution in [-0.2, 0) is 5.41 Å². The van der Waals surface area contributed by atoms with Gasteiger partial charge in [-0.15, -0.1) is 0 Å². The lowest BCUT2D eigenvalue weighted by molar-refractivity contribution is 0.660. The van der Waals surface area contributed by atoms with E-state index >= 15 is 0 Å². The van der Waals surface area contributed by atoms with E-state index in [1.54, 1.807) is 0 Å². The number of hydrogen-bond donors (Lipinski definition) is 0. The van der Waals surface area contributed by atoms with Gasteiger partial charge in [-0.1, -0.05) is 159 Å². The normalized spacial score (nSPS) is 12.8. The van der Waals surface area contributed by atoms with Crippen LogP contribution in [0, 0.1) is 0 Å². The highest BCUT2D eigenvalue weighted by Gasteiger charge is 2.37. The van der Waals surface area contributed by atoms with Crippen LogP contribution in [0.1, 0.15) is 25.0 Å². The Kier molecular flexibility index (Phi) is 7.21. The number of nitrogens with zero attached hydrogens (tertiary/aromatic N) is 1. The van der Waals surface area contributed by atoms with Crippen LogP contribution in [0.4, 0.5) is 17.1 Å². The Labute approximate surface area is 294 Å². The van der Waals surface area contributed by atoms with Gasteiger partial charge in [-0.05, 0) is 109 Å². The molecule has 0 radical (unpaired) electrons. The Morgan fingerprint density at radius 1 is 0.340 bits per heavy atom. The predicted molar refractivity (Wildman–Crippen MR) is 213 cm³/mol. The third-order valence-corrected chi connectivity index (χ3v) is 10.4. The van der Waals surface area contributed by atoms with Crippen LogP contribution in [0.15, 0.2) is 188 Å². The summed E-state index contributed by atoms with van der Waals surface area (Å²) in [5.74, 6) is 0. The van der Waals surface area contributed by atoms with E-state index < -0.39 is 0 Å². The monoisotopic (exact) mass is 639 g/mol. The molecular formula is C49H37N. The molecule has 0 bridgehead atoms. The maximum Gasteiger partial charge on any atom is 0.0468 e. The molecule has 0 heterocycles. The minimum atomic E-state index is -0.0748. The van der Waals surface area contributed by atoms with Crippen molar-refractivity contribution in [2.24, 2.45) is 0 Å². The molecule has 9 rings (SSSR count). The summed E-state index contributed by atoms with van der Waals surface area (Å²) in [5.41, 5.74) is 16.1. The maximum atomic E-state index is 2.42. The SMILES string of the molecule is CC1(C)c2ccc(-c3cccc(N(c4ccc(-c5ccccc5)cc4)c4ccc5ccccc5c4)c3)cc2-c2c(-c3ccccc3)cccc21. The summed E-state index contributed by atoms with van der Waals surface area (Å²) < 4.78 is 0. The highest BCUT2D eigenvalue weighted by atomic mass is 15.1. The van der Waals surface area contributed by atoms with E-state index in [4.69, 9.17) is 0 Å². The molecule has 0 saturated carbocycles. The van der Waals surface area contributed by atoms with E-state index in [0.717, 1.165) is 17.1 Å². The largest absolute Gasteiger partial charge is 0.310 e. The second-order valence-corrected chi connectivity index (χ2v) is 13.8. The molecule has 1 aliphatic rings. The number of fused-ring (bicyclic) bond motifs is 4. The van der Waals surface area contributed by atoms with Crippen molar-refractivity contribution in [2.45, 2.75) is 19.3 Å². The zero-order valence-corrected chi connectivity index (χ0v) is 28.3. The number of anilines is 3. The molecule has 8 aromatic rings. The van der Waals surface area contributed by atoms with Gasteiger partial charge in [0.25, 0.3) is 0 Å². The molecule has 0 aromatic heterocycles. The average Bonchev–Trinajstić information content (AvgIpc) is 3.41. The first kappa shape index (κ1) is 29.9. The van der Waals surface area contributed by atoms with E-state index in [9.17, 15) is 0 Å². The second-order valence-electron chi connectivity index (χ2n) is 13.8. The molecule has 0 amide bonds. The van der Waals surface area contributed by atoms with Crippen LogP contribution in [0.25, 0.3) is 55.3 Å². The molecule has 1 nitrogen and oxygen atoms in total. The molecular weight excluding hydrogens is 603 g/mol. The molecule has 0 saturated heterocycles. The Bertz CT molecular complexity index is 2490. The molecule has 8 aromatic carbocycles. The van der Waals surface area contributed by atoms with Crippen molar-refractivity contribution >= 4 is 27.8 Å². The number of benzene rings is 8. The second kappa shape index (κ2) is 12.1.